The van der Waals surface area contributed by atoms with Crippen molar-refractivity contribution in [2.75, 3.05) is 19.7 Å². The lowest BCUT2D eigenvalue weighted by Crippen LogP contribution is -2.33. The van der Waals surface area contributed by atoms with Crippen LogP contribution in [-0.2, 0) is 0 Å². The van der Waals surface area contributed by atoms with Gasteiger partial charge in [0.05, 0.1) is 5.02 Å². The Morgan fingerprint density at radius 1 is 1.19 bits per heavy atom. The fourth-order valence-corrected chi connectivity index (χ4v) is 2.75. The number of carbonyl (C=O) groups is 1. The Balaban J connectivity index is 2.12. The minimum absolute atomic E-state index is 0.0421. The summed E-state index contributed by atoms with van der Waals surface area (Å²) in [5.41, 5.74) is 1.24. The second kappa shape index (κ2) is 8.07. The summed E-state index contributed by atoms with van der Waals surface area (Å²) in [6.07, 6.45) is 5.80. The van der Waals surface area contributed by atoms with Crippen molar-refractivity contribution >= 4 is 17.5 Å². The molecule has 0 unspecified atom stereocenters. The zero-order valence-electron chi connectivity index (χ0n) is 12.1. The molecule has 21 heavy (non-hydrogen) atoms. The molecule has 0 spiro atoms. The summed E-state index contributed by atoms with van der Waals surface area (Å²) in [4.78, 5) is 14.5. The van der Waals surface area contributed by atoms with Crippen molar-refractivity contribution in [2.24, 2.45) is 0 Å². The number of hydrogen-bond donors (Lipinski definition) is 1. The number of amides is 1. The van der Waals surface area contributed by atoms with Crippen LogP contribution in [0.15, 0.2) is 18.2 Å². The topological polar surface area (TPSA) is 40.5 Å². The molecule has 0 aliphatic carbocycles. The lowest BCUT2D eigenvalue weighted by molar-refractivity contribution is 0.0742. The van der Waals surface area contributed by atoms with Gasteiger partial charge in [0.1, 0.15) is 6.61 Å². The molecule has 1 aliphatic rings. The van der Waals surface area contributed by atoms with E-state index in [1.807, 2.05) is 4.90 Å². The van der Waals surface area contributed by atoms with E-state index in [4.69, 9.17) is 16.7 Å². The molecule has 1 heterocycles. The molecule has 0 aromatic heterocycles. The van der Waals surface area contributed by atoms with Gasteiger partial charge < -0.3 is 10.0 Å². The monoisotopic (exact) mass is 305 g/mol. The largest absolute Gasteiger partial charge is 0.384 e. The maximum atomic E-state index is 12.5. The van der Waals surface area contributed by atoms with Crippen LogP contribution >= 0.6 is 11.6 Å². The van der Waals surface area contributed by atoms with Crippen LogP contribution in [0.1, 0.15) is 48.0 Å². The van der Waals surface area contributed by atoms with E-state index in [1.54, 1.807) is 18.2 Å². The van der Waals surface area contributed by atoms with Gasteiger partial charge >= 0.3 is 0 Å². The summed E-state index contributed by atoms with van der Waals surface area (Å²) >= 11 is 6.15. The van der Waals surface area contributed by atoms with Crippen LogP contribution in [0.3, 0.4) is 0 Å². The first-order chi connectivity index (χ1) is 10.2. The second-order valence-electron chi connectivity index (χ2n) is 5.21. The van der Waals surface area contributed by atoms with Crippen molar-refractivity contribution in [1.82, 2.24) is 4.90 Å². The van der Waals surface area contributed by atoms with Gasteiger partial charge in [-0.3, -0.25) is 4.79 Å². The number of hydrogen-bond acceptors (Lipinski definition) is 2. The van der Waals surface area contributed by atoms with Crippen molar-refractivity contribution in [3.05, 3.63) is 34.3 Å². The fourth-order valence-electron chi connectivity index (χ4n) is 2.52. The molecule has 0 atom stereocenters. The number of rotatable bonds is 1. The predicted molar refractivity (Wildman–Crippen MR) is 84.4 cm³/mol. The van der Waals surface area contributed by atoms with Gasteiger partial charge in [-0.2, -0.15) is 0 Å². The van der Waals surface area contributed by atoms with Crippen LogP contribution in [-0.4, -0.2) is 35.6 Å². The van der Waals surface area contributed by atoms with Crippen LogP contribution in [0.2, 0.25) is 5.02 Å². The normalized spacial score (nSPS) is 15.6. The molecule has 1 saturated heterocycles. The molecule has 0 saturated carbocycles. The summed E-state index contributed by atoms with van der Waals surface area (Å²) in [7, 11) is 0. The highest BCUT2D eigenvalue weighted by molar-refractivity contribution is 6.32. The van der Waals surface area contributed by atoms with Gasteiger partial charge in [-0.05, 0) is 31.0 Å². The van der Waals surface area contributed by atoms with Crippen LogP contribution in [0.25, 0.3) is 0 Å². The maximum Gasteiger partial charge on any atom is 0.253 e. The minimum Gasteiger partial charge on any atom is -0.384 e. The van der Waals surface area contributed by atoms with Crippen LogP contribution in [0.5, 0.6) is 0 Å². The number of halogens is 1. The molecule has 1 aliphatic heterocycles. The SMILES string of the molecule is O=C(c1ccc(C#CCO)c(Cl)c1)N1CCCCCCC1. The number of benzene rings is 1. The summed E-state index contributed by atoms with van der Waals surface area (Å²) in [6, 6.07) is 5.17. The van der Waals surface area contributed by atoms with Gasteiger partial charge in [-0.15, -0.1) is 0 Å². The van der Waals surface area contributed by atoms with Crippen molar-refractivity contribution in [3.8, 4) is 11.8 Å². The van der Waals surface area contributed by atoms with Gasteiger partial charge in [-0.1, -0.05) is 42.7 Å². The number of nitrogens with zero attached hydrogens (tertiary/aromatic N) is 1. The average Bonchev–Trinajstić information content (AvgIpc) is 2.45. The molecule has 1 N–H and O–H groups in total. The van der Waals surface area contributed by atoms with Crippen LogP contribution < -0.4 is 0 Å². The Kier molecular flexibility index (Phi) is 6.10. The Morgan fingerprint density at radius 2 is 1.86 bits per heavy atom. The maximum absolute atomic E-state index is 12.5. The first kappa shape index (κ1) is 15.9. The summed E-state index contributed by atoms with van der Waals surface area (Å²) in [6.45, 7) is 1.44. The van der Waals surface area contributed by atoms with E-state index in [-0.39, 0.29) is 12.5 Å². The standard InChI is InChI=1S/C17H20ClNO2/c18-16-13-15(9-8-14(16)7-6-12-20)17(21)19-10-4-2-1-3-5-11-19/h8-9,13,20H,1-5,10-12H2. The molecule has 1 aromatic rings. The minimum atomic E-state index is -0.204. The lowest BCUT2D eigenvalue weighted by Gasteiger charge is -2.25. The quantitative estimate of drug-likeness (QED) is 0.810. The van der Waals surface area contributed by atoms with E-state index in [1.165, 1.54) is 19.3 Å². The summed E-state index contributed by atoms with van der Waals surface area (Å²) in [5.74, 6) is 5.37. The predicted octanol–water partition coefficient (Wildman–Crippen LogP) is 3.09. The second-order valence-corrected chi connectivity index (χ2v) is 5.62. The smallest absolute Gasteiger partial charge is 0.253 e. The Hall–Kier alpha value is -1.50. The van der Waals surface area contributed by atoms with Gasteiger partial charge in [0.25, 0.3) is 5.91 Å². The fraction of sp³-hybridized carbons (Fsp3) is 0.471. The first-order valence-corrected chi connectivity index (χ1v) is 7.78. The van der Waals surface area contributed by atoms with Crippen molar-refractivity contribution < 1.29 is 9.90 Å². The number of likely N-dealkylation sites (tertiary alicyclic amines) is 1. The Morgan fingerprint density at radius 3 is 2.48 bits per heavy atom. The van der Waals surface area contributed by atoms with Crippen molar-refractivity contribution in [1.29, 1.82) is 0 Å². The van der Waals surface area contributed by atoms with Crippen LogP contribution in [0.4, 0.5) is 0 Å². The molecule has 1 amide bonds. The number of aliphatic hydroxyl groups excluding tert-OH is 1. The molecule has 2 rings (SSSR count). The molecule has 3 nitrogen and oxygen atoms in total. The van der Waals surface area contributed by atoms with Gasteiger partial charge in [0, 0.05) is 24.2 Å². The summed E-state index contributed by atoms with van der Waals surface area (Å²) < 4.78 is 0. The van der Waals surface area contributed by atoms with Crippen molar-refractivity contribution in [3.63, 3.8) is 0 Å². The van der Waals surface area contributed by atoms with Crippen LogP contribution in [0, 0.1) is 11.8 Å². The highest BCUT2D eigenvalue weighted by Gasteiger charge is 2.17. The van der Waals surface area contributed by atoms with Gasteiger partial charge in [0.15, 0.2) is 0 Å². The highest BCUT2D eigenvalue weighted by atomic mass is 35.5. The molecular formula is C17H20ClNO2. The molecule has 4 heteroatoms. The third kappa shape index (κ3) is 4.49. The lowest BCUT2D eigenvalue weighted by atomic mass is 10.1. The third-order valence-corrected chi connectivity index (χ3v) is 3.97. The number of aliphatic hydroxyl groups is 1. The molecule has 1 fully saturated rings. The zero-order valence-corrected chi connectivity index (χ0v) is 12.8. The van der Waals surface area contributed by atoms with E-state index in [0.717, 1.165) is 25.9 Å². The third-order valence-electron chi connectivity index (χ3n) is 3.66. The number of carbonyl (C=O) groups excluding carboxylic acids is 1. The average molecular weight is 306 g/mol. The van der Waals surface area contributed by atoms with E-state index in [0.29, 0.717) is 16.1 Å². The van der Waals surface area contributed by atoms with E-state index < -0.39 is 0 Å². The Bertz CT molecular complexity index is 552. The van der Waals surface area contributed by atoms with E-state index >= 15 is 0 Å². The molecular weight excluding hydrogens is 286 g/mol. The molecule has 0 radical (unpaired) electrons. The molecule has 112 valence electrons. The van der Waals surface area contributed by atoms with Gasteiger partial charge in [-0.25, -0.2) is 0 Å². The summed E-state index contributed by atoms with van der Waals surface area (Å²) in [5, 5.41) is 9.16. The van der Waals surface area contributed by atoms with Crippen molar-refractivity contribution in [2.45, 2.75) is 32.1 Å². The van der Waals surface area contributed by atoms with E-state index in [2.05, 4.69) is 11.8 Å². The van der Waals surface area contributed by atoms with E-state index in [9.17, 15) is 4.79 Å². The van der Waals surface area contributed by atoms with Gasteiger partial charge in [0.2, 0.25) is 0 Å². The molecule has 1 aromatic carbocycles. The first-order valence-electron chi connectivity index (χ1n) is 7.41. The highest BCUT2D eigenvalue weighted by Crippen LogP contribution is 2.19. The Labute approximate surface area is 130 Å². The zero-order chi connectivity index (χ0) is 15.1. The molecule has 0 bridgehead atoms.